The highest BCUT2D eigenvalue weighted by Gasteiger charge is 2.17. The molecule has 2 atom stereocenters. The summed E-state index contributed by atoms with van der Waals surface area (Å²) in [6.07, 6.45) is 2.38. The van der Waals surface area contributed by atoms with Crippen molar-refractivity contribution >= 4 is 5.78 Å². The summed E-state index contributed by atoms with van der Waals surface area (Å²) in [7, 11) is 0. The largest absolute Gasteiger partial charge is 0.392 e. The molecule has 0 aliphatic rings. The number of rotatable bonds is 5. The lowest BCUT2D eigenvalue weighted by Gasteiger charge is -2.14. The smallest absolute Gasteiger partial charge is 0.135 e. The van der Waals surface area contributed by atoms with E-state index < -0.39 is 6.10 Å². The van der Waals surface area contributed by atoms with Crippen LogP contribution >= 0.6 is 0 Å². The van der Waals surface area contributed by atoms with E-state index in [9.17, 15) is 9.90 Å². The Hall–Kier alpha value is -0.370. The lowest BCUT2D eigenvalue weighted by Crippen LogP contribution is -2.23. The van der Waals surface area contributed by atoms with Crippen molar-refractivity contribution in [2.45, 2.75) is 46.1 Å². The van der Waals surface area contributed by atoms with Gasteiger partial charge in [-0.05, 0) is 13.3 Å². The van der Waals surface area contributed by atoms with E-state index in [1.807, 2.05) is 0 Å². The zero-order chi connectivity index (χ0) is 8.85. The van der Waals surface area contributed by atoms with Crippen LogP contribution in [0.4, 0.5) is 0 Å². The van der Waals surface area contributed by atoms with Gasteiger partial charge in [-0.2, -0.15) is 0 Å². The van der Waals surface area contributed by atoms with Gasteiger partial charge in [-0.3, -0.25) is 4.79 Å². The van der Waals surface area contributed by atoms with Crippen LogP contribution in [0, 0.1) is 5.92 Å². The highest BCUT2D eigenvalue weighted by atomic mass is 16.3. The van der Waals surface area contributed by atoms with Crippen molar-refractivity contribution in [1.82, 2.24) is 0 Å². The van der Waals surface area contributed by atoms with Gasteiger partial charge in [-0.25, -0.2) is 0 Å². The van der Waals surface area contributed by atoms with Crippen molar-refractivity contribution in [1.29, 1.82) is 0 Å². The van der Waals surface area contributed by atoms with Gasteiger partial charge in [0.2, 0.25) is 0 Å². The highest BCUT2D eigenvalue weighted by molar-refractivity contribution is 5.78. The quantitative estimate of drug-likeness (QED) is 0.662. The summed E-state index contributed by atoms with van der Waals surface area (Å²) in [5.41, 5.74) is 0. The molecule has 0 aliphatic heterocycles. The van der Waals surface area contributed by atoms with Crippen LogP contribution in [0.2, 0.25) is 0 Å². The summed E-state index contributed by atoms with van der Waals surface area (Å²) in [6.45, 7) is 5.38. The molecule has 0 saturated heterocycles. The average molecular weight is 158 g/mol. The van der Waals surface area contributed by atoms with E-state index in [2.05, 4.69) is 6.92 Å². The summed E-state index contributed by atoms with van der Waals surface area (Å²) in [5.74, 6) is -0.116. The molecule has 0 fully saturated rings. The van der Waals surface area contributed by atoms with E-state index in [1.54, 1.807) is 6.92 Å². The van der Waals surface area contributed by atoms with E-state index in [1.165, 1.54) is 6.92 Å². The molecule has 0 saturated carbocycles. The highest BCUT2D eigenvalue weighted by Crippen LogP contribution is 2.10. The topological polar surface area (TPSA) is 37.3 Å². The van der Waals surface area contributed by atoms with Gasteiger partial charge in [0.25, 0.3) is 0 Å². The van der Waals surface area contributed by atoms with Crippen LogP contribution < -0.4 is 0 Å². The Morgan fingerprint density at radius 3 is 2.45 bits per heavy atom. The number of aliphatic hydroxyl groups excluding tert-OH is 1. The fourth-order valence-corrected chi connectivity index (χ4v) is 0.934. The number of Topliss-reactive ketones (excluding diaryl/α,β-unsaturated/α-hetero) is 1. The van der Waals surface area contributed by atoms with Crippen LogP contribution in [0.1, 0.15) is 40.0 Å². The Labute approximate surface area is 68.6 Å². The lowest BCUT2D eigenvalue weighted by molar-refractivity contribution is -0.123. The second-order valence-corrected chi connectivity index (χ2v) is 3.11. The Balaban J connectivity index is 3.63. The molecule has 0 aromatic rings. The normalized spacial score (nSPS) is 16.0. The Morgan fingerprint density at radius 2 is 2.09 bits per heavy atom. The molecule has 11 heavy (non-hydrogen) atoms. The molecule has 0 radical (unpaired) electrons. The van der Waals surface area contributed by atoms with Crippen LogP contribution in [0.15, 0.2) is 0 Å². The fourth-order valence-electron chi connectivity index (χ4n) is 0.934. The number of unbranched alkanes of at least 4 members (excludes halogenated alkanes) is 1. The monoisotopic (exact) mass is 158 g/mol. The van der Waals surface area contributed by atoms with Crippen molar-refractivity contribution in [3.05, 3.63) is 0 Å². The van der Waals surface area contributed by atoms with Gasteiger partial charge in [-0.15, -0.1) is 0 Å². The number of carbonyl (C=O) groups excluding carboxylic acids is 1. The molecule has 0 rings (SSSR count). The number of aliphatic hydroxyl groups is 1. The minimum Gasteiger partial charge on any atom is -0.392 e. The number of hydrogen-bond acceptors (Lipinski definition) is 2. The second-order valence-electron chi connectivity index (χ2n) is 3.11. The molecule has 0 bridgehead atoms. The summed E-state index contributed by atoms with van der Waals surface area (Å²) in [6, 6.07) is 0. The van der Waals surface area contributed by atoms with E-state index in [0.717, 1.165) is 19.3 Å². The minimum atomic E-state index is -0.438. The molecule has 0 heterocycles. The van der Waals surface area contributed by atoms with E-state index in [4.69, 9.17) is 0 Å². The Kier molecular flexibility index (Phi) is 5.12. The molecule has 2 unspecified atom stereocenters. The second kappa shape index (κ2) is 5.30. The molecular weight excluding hydrogens is 140 g/mol. The van der Waals surface area contributed by atoms with Gasteiger partial charge < -0.3 is 5.11 Å². The van der Waals surface area contributed by atoms with Crippen molar-refractivity contribution in [2.24, 2.45) is 5.92 Å². The van der Waals surface area contributed by atoms with E-state index in [0.29, 0.717) is 0 Å². The van der Waals surface area contributed by atoms with Gasteiger partial charge in [-0.1, -0.05) is 26.7 Å². The van der Waals surface area contributed by atoms with Crippen molar-refractivity contribution in [3.63, 3.8) is 0 Å². The zero-order valence-corrected chi connectivity index (χ0v) is 7.63. The van der Waals surface area contributed by atoms with Crippen molar-refractivity contribution in [2.75, 3.05) is 0 Å². The molecule has 1 N–H and O–H groups in total. The van der Waals surface area contributed by atoms with Gasteiger partial charge in [0.15, 0.2) is 0 Å². The molecule has 2 heteroatoms. The van der Waals surface area contributed by atoms with Gasteiger partial charge in [0, 0.05) is 5.92 Å². The lowest BCUT2D eigenvalue weighted by atomic mass is 9.96. The van der Waals surface area contributed by atoms with E-state index in [-0.39, 0.29) is 11.7 Å². The maximum absolute atomic E-state index is 10.8. The van der Waals surface area contributed by atoms with Gasteiger partial charge in [0.1, 0.15) is 5.78 Å². The van der Waals surface area contributed by atoms with E-state index >= 15 is 0 Å². The third-order valence-electron chi connectivity index (χ3n) is 2.07. The predicted octanol–water partition coefficient (Wildman–Crippen LogP) is 1.76. The summed E-state index contributed by atoms with van der Waals surface area (Å²) >= 11 is 0. The molecule has 0 aliphatic carbocycles. The van der Waals surface area contributed by atoms with Crippen LogP contribution in [-0.2, 0) is 4.79 Å². The Bertz CT molecular complexity index is 121. The SMILES string of the molecule is CCCCC(O)C(C)C(C)=O. The van der Waals surface area contributed by atoms with Crippen molar-refractivity contribution < 1.29 is 9.90 Å². The third-order valence-corrected chi connectivity index (χ3v) is 2.07. The molecule has 0 aromatic carbocycles. The summed E-state index contributed by atoms with van der Waals surface area (Å²) in [5, 5.41) is 9.40. The van der Waals surface area contributed by atoms with Crippen LogP contribution in [0.5, 0.6) is 0 Å². The van der Waals surface area contributed by atoms with Crippen LogP contribution in [-0.4, -0.2) is 17.0 Å². The standard InChI is InChI=1S/C9H18O2/c1-4-5-6-9(11)7(2)8(3)10/h7,9,11H,4-6H2,1-3H3. The maximum atomic E-state index is 10.8. The first kappa shape index (κ1) is 10.6. The molecule has 0 amide bonds. The minimum absolute atomic E-state index is 0.0774. The third kappa shape index (κ3) is 4.14. The molecule has 66 valence electrons. The van der Waals surface area contributed by atoms with Crippen LogP contribution in [0.25, 0.3) is 0 Å². The maximum Gasteiger partial charge on any atom is 0.135 e. The number of hydrogen-bond donors (Lipinski definition) is 1. The van der Waals surface area contributed by atoms with Gasteiger partial charge in [0.05, 0.1) is 6.10 Å². The first-order valence-electron chi connectivity index (χ1n) is 4.28. The fraction of sp³-hybridized carbons (Fsp3) is 0.889. The average Bonchev–Trinajstić information content (AvgIpc) is 1.98. The van der Waals surface area contributed by atoms with Crippen molar-refractivity contribution in [3.8, 4) is 0 Å². The van der Waals surface area contributed by atoms with Gasteiger partial charge >= 0.3 is 0 Å². The molecule has 0 spiro atoms. The Morgan fingerprint density at radius 1 is 1.55 bits per heavy atom. The zero-order valence-electron chi connectivity index (χ0n) is 7.63. The molecule has 2 nitrogen and oxygen atoms in total. The molecular formula is C9H18O2. The predicted molar refractivity (Wildman–Crippen MR) is 45.4 cm³/mol. The first-order valence-corrected chi connectivity index (χ1v) is 4.28. The summed E-state index contributed by atoms with van der Waals surface area (Å²) in [4.78, 5) is 10.8. The van der Waals surface area contributed by atoms with Crippen LogP contribution in [0.3, 0.4) is 0 Å². The number of carbonyl (C=O) groups is 1. The summed E-state index contributed by atoms with van der Waals surface area (Å²) < 4.78 is 0. The first-order chi connectivity index (χ1) is 5.09. The number of ketones is 1. The molecule has 0 aromatic heterocycles.